The van der Waals surface area contributed by atoms with Crippen molar-refractivity contribution in [2.45, 2.75) is 13.0 Å². The Morgan fingerprint density at radius 2 is 1.91 bits per heavy atom. The fourth-order valence-electron chi connectivity index (χ4n) is 3.72. The number of carbonyl (C=O) groups is 1. The number of hydrogen-bond donors (Lipinski definition) is 1. The van der Waals surface area contributed by atoms with Crippen LogP contribution in [0, 0.1) is 0 Å². The van der Waals surface area contributed by atoms with Crippen molar-refractivity contribution in [3.8, 4) is 0 Å². The monoisotopic (exact) mass is 312 g/mol. The molecule has 0 radical (unpaired) electrons. The fourth-order valence-corrected chi connectivity index (χ4v) is 3.72. The quantitative estimate of drug-likeness (QED) is 0.937. The molecule has 0 unspecified atom stereocenters. The van der Waals surface area contributed by atoms with Crippen molar-refractivity contribution < 1.29 is 4.79 Å². The Balaban J connectivity index is 1.37. The molecule has 4 rings (SSSR count). The maximum atomic E-state index is 12.7. The number of aromatic amines is 1. The van der Waals surface area contributed by atoms with Crippen LogP contribution < -0.4 is 0 Å². The number of benzene rings is 1. The highest BCUT2D eigenvalue weighted by Gasteiger charge is 2.36. The first-order valence-electron chi connectivity index (χ1n) is 8.58. The Kier molecular flexibility index (Phi) is 3.83. The third-order valence-electron chi connectivity index (χ3n) is 5.34. The summed E-state index contributed by atoms with van der Waals surface area (Å²) < 4.78 is 0. The number of aromatic nitrogens is 1. The molecule has 2 aliphatic rings. The first kappa shape index (κ1) is 14.7. The van der Waals surface area contributed by atoms with Gasteiger partial charge in [-0.05, 0) is 12.6 Å². The number of likely N-dealkylation sites (tertiary alicyclic amines) is 1. The third kappa shape index (κ3) is 2.64. The molecule has 122 valence electrons. The largest absolute Gasteiger partial charge is 0.360 e. The van der Waals surface area contributed by atoms with Crippen LogP contribution in [0.1, 0.15) is 17.3 Å². The van der Waals surface area contributed by atoms with Crippen LogP contribution in [0.2, 0.25) is 0 Å². The number of carbonyl (C=O) groups excluding carboxylic acids is 1. The van der Waals surface area contributed by atoms with E-state index in [9.17, 15) is 4.79 Å². The first-order chi connectivity index (χ1) is 11.3. The molecule has 3 heterocycles. The molecule has 1 amide bonds. The highest BCUT2D eigenvalue weighted by molar-refractivity contribution is 6.07. The van der Waals surface area contributed by atoms with Gasteiger partial charge in [0.15, 0.2) is 0 Å². The molecule has 0 spiro atoms. The SMILES string of the molecule is CCN1CCN(C2CN(C(=O)c3c[nH]c4ccccc34)C2)CC1. The molecular weight excluding hydrogens is 288 g/mol. The van der Waals surface area contributed by atoms with Crippen LogP contribution >= 0.6 is 0 Å². The molecule has 2 saturated heterocycles. The number of amides is 1. The van der Waals surface area contributed by atoms with Crippen molar-refractivity contribution >= 4 is 16.8 Å². The van der Waals surface area contributed by atoms with E-state index in [2.05, 4.69) is 21.7 Å². The van der Waals surface area contributed by atoms with Gasteiger partial charge in [-0.25, -0.2) is 0 Å². The molecule has 0 atom stereocenters. The zero-order valence-electron chi connectivity index (χ0n) is 13.7. The normalized spacial score (nSPS) is 20.8. The van der Waals surface area contributed by atoms with Gasteiger partial charge in [0.25, 0.3) is 5.91 Å². The first-order valence-corrected chi connectivity index (χ1v) is 8.58. The number of nitrogens with one attached hydrogen (secondary N) is 1. The molecule has 0 saturated carbocycles. The van der Waals surface area contributed by atoms with Gasteiger partial charge in [-0.3, -0.25) is 9.69 Å². The van der Waals surface area contributed by atoms with E-state index in [-0.39, 0.29) is 5.91 Å². The summed E-state index contributed by atoms with van der Waals surface area (Å²) in [5.74, 6) is 0.158. The highest BCUT2D eigenvalue weighted by Crippen LogP contribution is 2.24. The molecule has 1 aromatic heterocycles. The highest BCUT2D eigenvalue weighted by atomic mass is 16.2. The lowest BCUT2D eigenvalue weighted by molar-refractivity contribution is 0.00852. The van der Waals surface area contributed by atoms with Crippen LogP contribution in [0.25, 0.3) is 10.9 Å². The van der Waals surface area contributed by atoms with E-state index in [0.29, 0.717) is 6.04 Å². The fraction of sp³-hybridized carbons (Fsp3) is 0.500. The molecule has 1 N–H and O–H groups in total. The van der Waals surface area contributed by atoms with E-state index in [4.69, 9.17) is 0 Å². The predicted molar refractivity (Wildman–Crippen MR) is 91.7 cm³/mol. The number of nitrogens with zero attached hydrogens (tertiary/aromatic N) is 3. The van der Waals surface area contributed by atoms with Gasteiger partial charge >= 0.3 is 0 Å². The molecule has 0 bridgehead atoms. The summed E-state index contributed by atoms with van der Waals surface area (Å²) in [5.41, 5.74) is 1.83. The summed E-state index contributed by atoms with van der Waals surface area (Å²) in [7, 11) is 0. The van der Waals surface area contributed by atoms with E-state index in [1.54, 1.807) is 0 Å². The van der Waals surface area contributed by atoms with Crippen LogP contribution in [-0.2, 0) is 0 Å². The predicted octanol–water partition coefficient (Wildman–Crippen LogP) is 1.63. The van der Waals surface area contributed by atoms with Gasteiger partial charge in [0.1, 0.15) is 0 Å². The maximum Gasteiger partial charge on any atom is 0.256 e. The lowest BCUT2D eigenvalue weighted by atomic mass is 10.0. The Bertz CT molecular complexity index is 696. The Labute approximate surface area is 136 Å². The Hall–Kier alpha value is -1.85. The van der Waals surface area contributed by atoms with E-state index in [1.807, 2.05) is 35.4 Å². The van der Waals surface area contributed by atoms with Crippen molar-refractivity contribution in [3.63, 3.8) is 0 Å². The van der Waals surface area contributed by atoms with Gasteiger partial charge in [-0.15, -0.1) is 0 Å². The van der Waals surface area contributed by atoms with Crippen molar-refractivity contribution in [3.05, 3.63) is 36.0 Å². The number of para-hydroxylation sites is 1. The van der Waals surface area contributed by atoms with Crippen LogP contribution in [-0.4, -0.2) is 77.4 Å². The number of likely N-dealkylation sites (N-methyl/N-ethyl adjacent to an activating group) is 1. The van der Waals surface area contributed by atoms with Gasteiger partial charge in [0, 0.05) is 62.4 Å². The van der Waals surface area contributed by atoms with Crippen molar-refractivity contribution in [2.24, 2.45) is 0 Å². The van der Waals surface area contributed by atoms with Crippen molar-refractivity contribution in [2.75, 3.05) is 45.8 Å². The van der Waals surface area contributed by atoms with Crippen LogP contribution in [0.15, 0.2) is 30.5 Å². The summed E-state index contributed by atoms with van der Waals surface area (Å²) in [6.07, 6.45) is 1.85. The summed E-state index contributed by atoms with van der Waals surface area (Å²) in [4.78, 5) is 22.9. The zero-order chi connectivity index (χ0) is 15.8. The number of hydrogen-bond acceptors (Lipinski definition) is 3. The second-order valence-electron chi connectivity index (χ2n) is 6.58. The molecule has 2 aromatic rings. The topological polar surface area (TPSA) is 42.6 Å². The standard InChI is InChI=1S/C18H24N4O/c1-2-20-7-9-21(10-8-20)14-12-22(13-14)18(23)16-11-19-17-6-4-3-5-15(16)17/h3-6,11,14,19H,2,7-10,12-13H2,1H3. The lowest BCUT2D eigenvalue weighted by Crippen LogP contribution is -2.64. The number of fused-ring (bicyclic) bond motifs is 1. The van der Waals surface area contributed by atoms with Gasteiger partial charge in [0.05, 0.1) is 5.56 Å². The molecule has 2 aliphatic heterocycles. The minimum Gasteiger partial charge on any atom is -0.360 e. The van der Waals surface area contributed by atoms with Crippen molar-refractivity contribution in [1.29, 1.82) is 0 Å². The van der Waals surface area contributed by atoms with E-state index >= 15 is 0 Å². The minimum absolute atomic E-state index is 0.158. The maximum absolute atomic E-state index is 12.7. The van der Waals surface area contributed by atoms with Crippen LogP contribution in [0.4, 0.5) is 0 Å². The van der Waals surface area contributed by atoms with Crippen molar-refractivity contribution in [1.82, 2.24) is 19.7 Å². The smallest absolute Gasteiger partial charge is 0.256 e. The lowest BCUT2D eigenvalue weighted by Gasteiger charge is -2.48. The molecule has 5 heteroatoms. The summed E-state index contributed by atoms with van der Waals surface area (Å²) in [6.45, 7) is 9.67. The molecule has 23 heavy (non-hydrogen) atoms. The van der Waals surface area contributed by atoms with Crippen LogP contribution in [0.5, 0.6) is 0 Å². The average Bonchev–Trinajstić information content (AvgIpc) is 2.98. The number of rotatable bonds is 3. The minimum atomic E-state index is 0.158. The summed E-state index contributed by atoms with van der Waals surface area (Å²) in [5, 5.41) is 1.03. The second-order valence-corrected chi connectivity index (χ2v) is 6.58. The molecule has 2 fully saturated rings. The average molecular weight is 312 g/mol. The number of H-pyrrole nitrogens is 1. The molecule has 1 aromatic carbocycles. The Morgan fingerprint density at radius 1 is 1.17 bits per heavy atom. The van der Waals surface area contributed by atoms with Gasteiger partial charge in [-0.2, -0.15) is 0 Å². The number of piperazine rings is 1. The molecular formula is C18H24N4O. The van der Waals surface area contributed by atoms with Gasteiger partial charge in [0.2, 0.25) is 0 Å². The van der Waals surface area contributed by atoms with Gasteiger partial charge in [-0.1, -0.05) is 25.1 Å². The Morgan fingerprint density at radius 3 is 2.65 bits per heavy atom. The van der Waals surface area contributed by atoms with E-state index in [0.717, 1.165) is 62.3 Å². The van der Waals surface area contributed by atoms with E-state index in [1.165, 1.54) is 0 Å². The molecule has 5 nitrogen and oxygen atoms in total. The summed E-state index contributed by atoms with van der Waals surface area (Å²) in [6, 6.07) is 8.54. The van der Waals surface area contributed by atoms with Gasteiger partial charge < -0.3 is 14.8 Å². The summed E-state index contributed by atoms with van der Waals surface area (Å²) >= 11 is 0. The zero-order valence-corrected chi connectivity index (χ0v) is 13.7. The third-order valence-corrected chi connectivity index (χ3v) is 5.34. The molecule has 0 aliphatic carbocycles. The van der Waals surface area contributed by atoms with E-state index < -0.39 is 0 Å². The van der Waals surface area contributed by atoms with Crippen LogP contribution in [0.3, 0.4) is 0 Å². The second kappa shape index (κ2) is 5.98.